The highest BCUT2D eigenvalue weighted by atomic mass is 32.2. The smallest absolute Gasteiger partial charge is 0.239 e. The van der Waals surface area contributed by atoms with E-state index in [2.05, 4.69) is 16.3 Å². The van der Waals surface area contributed by atoms with E-state index in [9.17, 15) is 9.59 Å². The number of nitrogens with zero attached hydrogens (tertiary/aromatic N) is 5. The number of carbonyl (C=O) groups is 2. The van der Waals surface area contributed by atoms with Crippen molar-refractivity contribution in [2.45, 2.75) is 24.9 Å². The van der Waals surface area contributed by atoms with Crippen LogP contribution in [0.15, 0.2) is 24.3 Å². The maximum atomic E-state index is 12.5. The number of nitrogens with one attached hydrogen (secondary N) is 1. The maximum Gasteiger partial charge on any atom is 0.239 e. The lowest BCUT2D eigenvalue weighted by Gasteiger charge is -2.36. The number of thioether (sulfide) groups is 1. The standard InChI is InChI=1S/C20H25N7O2S/c21-9-15-1-3-16(4-2-15)24-19(28)11-25-7-5-17(6-8-25)27(23)12-20(29)26-14-30-13-18(26)10-22/h1-4,17-18H,5-8,11-14,23H2,(H,24,28)/t18-/m1/s1. The Balaban J connectivity index is 1.40. The Morgan fingerprint density at radius 1 is 1.23 bits per heavy atom. The summed E-state index contributed by atoms with van der Waals surface area (Å²) in [6.07, 6.45) is 1.54. The van der Waals surface area contributed by atoms with Crippen LogP contribution in [0.2, 0.25) is 0 Å². The van der Waals surface area contributed by atoms with Gasteiger partial charge in [0.1, 0.15) is 6.04 Å². The number of amides is 2. The van der Waals surface area contributed by atoms with Crippen molar-refractivity contribution in [3.8, 4) is 12.1 Å². The monoisotopic (exact) mass is 427 g/mol. The lowest BCUT2D eigenvalue weighted by molar-refractivity contribution is -0.132. The molecule has 3 rings (SSSR count). The largest absolute Gasteiger partial charge is 0.325 e. The molecule has 0 aliphatic carbocycles. The molecule has 1 atom stereocenters. The molecular weight excluding hydrogens is 402 g/mol. The molecule has 0 bridgehead atoms. The van der Waals surface area contributed by atoms with E-state index in [1.165, 1.54) is 0 Å². The van der Waals surface area contributed by atoms with Crippen molar-refractivity contribution in [3.63, 3.8) is 0 Å². The minimum Gasteiger partial charge on any atom is -0.325 e. The molecule has 1 aromatic rings. The van der Waals surface area contributed by atoms with Gasteiger partial charge in [-0.15, -0.1) is 11.8 Å². The quantitative estimate of drug-likeness (QED) is 0.498. The molecule has 10 heteroatoms. The van der Waals surface area contributed by atoms with Crippen LogP contribution in [-0.4, -0.2) is 76.5 Å². The van der Waals surface area contributed by atoms with Gasteiger partial charge < -0.3 is 10.2 Å². The molecule has 0 saturated carbocycles. The van der Waals surface area contributed by atoms with Crippen molar-refractivity contribution in [2.75, 3.05) is 43.1 Å². The molecule has 3 N–H and O–H groups in total. The van der Waals surface area contributed by atoms with Crippen LogP contribution >= 0.6 is 11.8 Å². The molecule has 2 saturated heterocycles. The van der Waals surface area contributed by atoms with Crippen LogP contribution in [0.25, 0.3) is 0 Å². The highest BCUT2D eigenvalue weighted by Crippen LogP contribution is 2.21. The number of benzene rings is 1. The van der Waals surface area contributed by atoms with Gasteiger partial charge in [0.25, 0.3) is 0 Å². The highest BCUT2D eigenvalue weighted by molar-refractivity contribution is 7.99. The summed E-state index contributed by atoms with van der Waals surface area (Å²) in [4.78, 5) is 28.4. The number of piperidine rings is 1. The fourth-order valence-corrected chi connectivity index (χ4v) is 4.72. The van der Waals surface area contributed by atoms with Crippen molar-refractivity contribution in [1.82, 2.24) is 14.8 Å². The van der Waals surface area contributed by atoms with Gasteiger partial charge in [0.15, 0.2) is 0 Å². The predicted octanol–water partition coefficient (Wildman–Crippen LogP) is 0.562. The first kappa shape index (κ1) is 22.1. The lowest BCUT2D eigenvalue weighted by Crippen LogP contribution is -2.53. The van der Waals surface area contributed by atoms with Crippen LogP contribution in [0.5, 0.6) is 0 Å². The molecular formula is C20H25N7O2S. The molecule has 30 heavy (non-hydrogen) atoms. The molecule has 9 nitrogen and oxygen atoms in total. The number of anilines is 1. The summed E-state index contributed by atoms with van der Waals surface area (Å²) in [6.45, 7) is 1.81. The molecule has 2 fully saturated rings. The highest BCUT2D eigenvalue weighted by Gasteiger charge is 2.31. The number of likely N-dealkylation sites (tertiary alicyclic amines) is 1. The average molecular weight is 428 g/mol. The van der Waals surface area contributed by atoms with Gasteiger partial charge in [-0.25, -0.2) is 5.01 Å². The molecule has 2 amide bonds. The number of hydrogen-bond donors (Lipinski definition) is 2. The van der Waals surface area contributed by atoms with E-state index in [1.54, 1.807) is 45.9 Å². The van der Waals surface area contributed by atoms with E-state index < -0.39 is 0 Å². The van der Waals surface area contributed by atoms with Crippen LogP contribution < -0.4 is 11.2 Å². The maximum absolute atomic E-state index is 12.5. The Morgan fingerprint density at radius 3 is 2.57 bits per heavy atom. The number of nitriles is 2. The molecule has 0 aromatic heterocycles. The van der Waals surface area contributed by atoms with Crippen LogP contribution in [0.1, 0.15) is 18.4 Å². The SMILES string of the molecule is N#Cc1ccc(NC(=O)CN2CCC(N(N)CC(=O)N3CSC[C@H]3C#N)CC2)cc1. The minimum atomic E-state index is -0.368. The molecule has 0 unspecified atom stereocenters. The predicted molar refractivity (Wildman–Crippen MR) is 114 cm³/mol. The second kappa shape index (κ2) is 10.4. The van der Waals surface area contributed by atoms with Crippen molar-refractivity contribution >= 4 is 29.3 Å². The topological polar surface area (TPSA) is 129 Å². The summed E-state index contributed by atoms with van der Waals surface area (Å²) in [6, 6.07) is 10.7. The third kappa shape index (κ3) is 5.71. The van der Waals surface area contributed by atoms with Crippen molar-refractivity contribution in [3.05, 3.63) is 29.8 Å². The summed E-state index contributed by atoms with van der Waals surface area (Å²) in [7, 11) is 0. The summed E-state index contributed by atoms with van der Waals surface area (Å²) in [5, 5.41) is 22.4. The van der Waals surface area contributed by atoms with Gasteiger partial charge >= 0.3 is 0 Å². The van der Waals surface area contributed by atoms with Gasteiger partial charge in [0.2, 0.25) is 11.8 Å². The van der Waals surface area contributed by atoms with E-state index in [0.29, 0.717) is 36.0 Å². The van der Waals surface area contributed by atoms with Gasteiger partial charge in [-0.3, -0.25) is 20.3 Å². The first-order valence-electron chi connectivity index (χ1n) is 9.80. The molecule has 1 aromatic carbocycles. The Bertz CT molecular complexity index is 840. The number of rotatable bonds is 6. The third-order valence-corrected chi connectivity index (χ3v) is 6.37. The molecule has 2 heterocycles. The number of nitrogens with two attached hydrogens (primary N) is 1. The summed E-state index contributed by atoms with van der Waals surface area (Å²) < 4.78 is 0. The van der Waals surface area contributed by atoms with Gasteiger partial charge in [-0.2, -0.15) is 10.5 Å². The number of hydrogen-bond acceptors (Lipinski definition) is 8. The normalized spacial score (nSPS) is 20.0. The Morgan fingerprint density at radius 2 is 1.93 bits per heavy atom. The van der Waals surface area contributed by atoms with Crippen molar-refractivity contribution in [2.24, 2.45) is 5.84 Å². The molecule has 0 spiro atoms. The average Bonchev–Trinajstić information content (AvgIpc) is 3.24. The molecule has 158 valence electrons. The fraction of sp³-hybridized carbons (Fsp3) is 0.500. The van der Waals surface area contributed by atoms with Crippen LogP contribution in [-0.2, 0) is 9.59 Å². The summed E-state index contributed by atoms with van der Waals surface area (Å²) >= 11 is 1.58. The number of carbonyl (C=O) groups excluding carboxylic acids is 2. The summed E-state index contributed by atoms with van der Waals surface area (Å²) in [5.74, 6) is 7.12. The van der Waals surface area contributed by atoms with Crippen LogP contribution in [0, 0.1) is 22.7 Å². The van der Waals surface area contributed by atoms with Crippen molar-refractivity contribution in [1.29, 1.82) is 10.5 Å². The molecule has 0 radical (unpaired) electrons. The Labute approximate surface area is 180 Å². The van der Waals surface area contributed by atoms with E-state index in [1.807, 2.05) is 6.07 Å². The number of hydrazine groups is 1. The van der Waals surface area contributed by atoms with E-state index in [-0.39, 0.29) is 37.0 Å². The van der Waals surface area contributed by atoms with Crippen LogP contribution in [0.3, 0.4) is 0 Å². The van der Waals surface area contributed by atoms with Gasteiger partial charge in [0.05, 0.1) is 36.7 Å². The zero-order chi connectivity index (χ0) is 21.5. The zero-order valence-electron chi connectivity index (χ0n) is 16.7. The fourth-order valence-electron chi connectivity index (χ4n) is 3.61. The molecule has 2 aliphatic heterocycles. The van der Waals surface area contributed by atoms with Crippen molar-refractivity contribution < 1.29 is 9.59 Å². The van der Waals surface area contributed by atoms with Crippen LogP contribution in [0.4, 0.5) is 5.69 Å². The van der Waals surface area contributed by atoms with Gasteiger partial charge in [-0.05, 0) is 37.1 Å². The second-order valence-electron chi connectivity index (χ2n) is 7.43. The Hall–Kier alpha value is -2.63. The van der Waals surface area contributed by atoms with Gasteiger partial charge in [-0.1, -0.05) is 0 Å². The van der Waals surface area contributed by atoms with E-state index >= 15 is 0 Å². The summed E-state index contributed by atoms with van der Waals surface area (Å²) in [5.41, 5.74) is 1.21. The van der Waals surface area contributed by atoms with Gasteiger partial charge in [0, 0.05) is 30.6 Å². The van der Waals surface area contributed by atoms with E-state index in [0.717, 1.165) is 12.8 Å². The first-order valence-corrected chi connectivity index (χ1v) is 11.0. The lowest BCUT2D eigenvalue weighted by atomic mass is 10.0. The third-order valence-electron chi connectivity index (χ3n) is 5.36. The zero-order valence-corrected chi connectivity index (χ0v) is 17.5. The minimum absolute atomic E-state index is 0.0718. The first-order chi connectivity index (χ1) is 14.5. The second-order valence-corrected chi connectivity index (χ2v) is 8.43. The molecule has 2 aliphatic rings. The van der Waals surface area contributed by atoms with E-state index in [4.69, 9.17) is 16.4 Å². The Kier molecular flexibility index (Phi) is 7.66.